The molecule has 0 saturated heterocycles. The molecule has 1 heterocycles. The number of hydrogen-bond acceptors (Lipinski definition) is 6. The van der Waals surface area contributed by atoms with Crippen molar-refractivity contribution in [2.75, 3.05) is 40.6 Å². The van der Waals surface area contributed by atoms with Gasteiger partial charge in [-0.1, -0.05) is 0 Å². The average molecular weight is 471 g/mol. The number of ether oxygens (including phenoxy) is 4. The lowest BCUT2D eigenvalue weighted by atomic mass is 9.94. The number of hydrogen-bond donors (Lipinski definition) is 1. The largest absolute Gasteiger partial charge is 0.493 e. The Kier molecular flexibility index (Phi) is 8.33. The number of carbonyl (C=O) groups excluding carboxylic acids is 2. The van der Waals surface area contributed by atoms with Gasteiger partial charge in [-0.25, -0.2) is 9.59 Å². The second-order valence-electron chi connectivity index (χ2n) is 6.24. The topological polar surface area (TPSA) is 86.3 Å². The fourth-order valence-corrected chi connectivity index (χ4v) is 3.53. The van der Waals surface area contributed by atoms with Gasteiger partial charge in [-0.15, -0.1) is 0 Å². The molecule has 1 aromatic rings. The first-order chi connectivity index (χ1) is 13.8. The van der Waals surface area contributed by atoms with E-state index in [1.807, 2.05) is 13.8 Å². The van der Waals surface area contributed by atoms with Crippen LogP contribution in [0.3, 0.4) is 0 Å². The molecular formula is C20H27BrN2O6. The fourth-order valence-electron chi connectivity index (χ4n) is 2.96. The first-order valence-electron chi connectivity index (χ1n) is 9.35. The highest BCUT2D eigenvalue weighted by atomic mass is 79.9. The molecule has 2 amide bonds. The first kappa shape index (κ1) is 23.0. The number of carbonyl (C=O) groups is 2. The van der Waals surface area contributed by atoms with Crippen LogP contribution in [0.1, 0.15) is 32.4 Å². The predicted octanol–water partition coefficient (Wildman–Crippen LogP) is 3.41. The van der Waals surface area contributed by atoms with Crippen molar-refractivity contribution >= 4 is 27.9 Å². The van der Waals surface area contributed by atoms with Crippen molar-refractivity contribution in [1.82, 2.24) is 10.2 Å². The van der Waals surface area contributed by atoms with Crippen molar-refractivity contribution in [2.45, 2.75) is 26.8 Å². The Hall–Kier alpha value is -2.26. The molecule has 1 N–H and O–H groups in total. The molecule has 1 aliphatic heterocycles. The number of rotatable bonds is 9. The van der Waals surface area contributed by atoms with E-state index in [1.165, 1.54) is 12.0 Å². The highest BCUT2D eigenvalue weighted by Crippen LogP contribution is 2.40. The Balaban J connectivity index is 2.44. The third kappa shape index (κ3) is 5.22. The number of nitrogens with zero attached hydrogens (tertiary/aromatic N) is 1. The first-order valence-corrected chi connectivity index (χ1v) is 10.1. The van der Waals surface area contributed by atoms with Gasteiger partial charge in [-0.2, -0.15) is 0 Å². The predicted molar refractivity (Wildman–Crippen MR) is 111 cm³/mol. The summed E-state index contributed by atoms with van der Waals surface area (Å²) in [6.07, 6.45) is 0. The average Bonchev–Trinajstić information content (AvgIpc) is 2.70. The van der Waals surface area contributed by atoms with Crippen LogP contribution < -0.4 is 14.8 Å². The number of amides is 2. The van der Waals surface area contributed by atoms with E-state index >= 15 is 0 Å². The summed E-state index contributed by atoms with van der Waals surface area (Å²) in [5, 5.41) is 2.86. The van der Waals surface area contributed by atoms with Crippen LogP contribution in [0.15, 0.2) is 27.9 Å². The zero-order valence-electron chi connectivity index (χ0n) is 17.3. The smallest absolute Gasteiger partial charge is 0.338 e. The summed E-state index contributed by atoms with van der Waals surface area (Å²) in [7, 11) is 3.13. The molecular weight excluding hydrogens is 444 g/mol. The third-order valence-electron chi connectivity index (χ3n) is 4.51. The molecule has 8 nitrogen and oxygen atoms in total. The maximum Gasteiger partial charge on any atom is 0.338 e. The van der Waals surface area contributed by atoms with E-state index in [4.69, 9.17) is 18.9 Å². The minimum atomic E-state index is -0.695. The van der Waals surface area contributed by atoms with Crippen LogP contribution in [0.25, 0.3) is 0 Å². The molecule has 0 saturated carbocycles. The standard InChI is InChI=1S/C20H27BrN2O6/c1-6-27-8-9-29-19(24)16-12(3)23(4)20(25)22-17(16)13-10-14(21)18(28-7-2)15(11-13)26-5/h10-11,17H,6-9H2,1-5H3,(H,22,25)/t17-/m0/s1. The number of methoxy groups -OCH3 is 1. The second-order valence-corrected chi connectivity index (χ2v) is 7.09. The summed E-state index contributed by atoms with van der Waals surface area (Å²) in [5.41, 5.74) is 1.53. The van der Waals surface area contributed by atoms with Gasteiger partial charge in [-0.3, -0.25) is 0 Å². The number of urea groups is 1. The Morgan fingerprint density at radius 2 is 1.97 bits per heavy atom. The maximum absolute atomic E-state index is 12.8. The molecule has 9 heteroatoms. The van der Waals surface area contributed by atoms with Gasteiger partial charge in [0.1, 0.15) is 6.61 Å². The summed E-state index contributed by atoms with van der Waals surface area (Å²) >= 11 is 3.49. The molecule has 0 aromatic heterocycles. The summed E-state index contributed by atoms with van der Waals surface area (Å²) < 4.78 is 22.3. The molecule has 1 atom stereocenters. The highest BCUT2D eigenvalue weighted by molar-refractivity contribution is 9.10. The van der Waals surface area contributed by atoms with Crippen molar-refractivity contribution < 1.29 is 28.5 Å². The molecule has 2 rings (SSSR count). The normalized spacial score (nSPS) is 16.6. The Bertz CT molecular complexity index is 795. The van der Waals surface area contributed by atoms with Crippen molar-refractivity contribution in [3.8, 4) is 11.5 Å². The third-order valence-corrected chi connectivity index (χ3v) is 5.10. The van der Waals surface area contributed by atoms with Crippen molar-refractivity contribution in [2.24, 2.45) is 0 Å². The lowest BCUT2D eigenvalue weighted by Crippen LogP contribution is -2.46. The van der Waals surface area contributed by atoms with E-state index in [0.29, 0.717) is 52.6 Å². The van der Waals surface area contributed by atoms with Crippen LogP contribution in [0, 0.1) is 0 Å². The fraction of sp³-hybridized carbons (Fsp3) is 0.500. The summed E-state index contributed by atoms with van der Waals surface area (Å²) in [4.78, 5) is 26.6. The van der Waals surface area contributed by atoms with Crippen molar-refractivity contribution in [1.29, 1.82) is 0 Å². The number of esters is 1. The van der Waals surface area contributed by atoms with Gasteiger partial charge in [0, 0.05) is 19.4 Å². The van der Waals surface area contributed by atoms with E-state index in [-0.39, 0.29) is 12.6 Å². The van der Waals surface area contributed by atoms with Crippen LogP contribution in [0.5, 0.6) is 11.5 Å². The maximum atomic E-state index is 12.8. The van der Waals surface area contributed by atoms with Gasteiger partial charge in [-0.05, 0) is 54.4 Å². The van der Waals surface area contributed by atoms with Crippen molar-refractivity contribution in [3.05, 3.63) is 33.4 Å². The SMILES string of the molecule is CCOCCOC(=O)C1=C(C)N(C)C(=O)N[C@H]1c1cc(Br)c(OCC)c(OC)c1. The Morgan fingerprint density at radius 1 is 1.24 bits per heavy atom. The zero-order valence-corrected chi connectivity index (χ0v) is 18.9. The van der Waals surface area contributed by atoms with E-state index in [9.17, 15) is 9.59 Å². The van der Waals surface area contributed by atoms with Crippen LogP contribution in [-0.4, -0.2) is 57.5 Å². The van der Waals surface area contributed by atoms with Gasteiger partial charge in [0.05, 0.1) is 36.4 Å². The molecule has 0 radical (unpaired) electrons. The quantitative estimate of drug-likeness (QED) is 0.439. The van der Waals surface area contributed by atoms with Gasteiger partial charge in [0.2, 0.25) is 0 Å². The lowest BCUT2D eigenvalue weighted by molar-refractivity contribution is -0.141. The van der Waals surface area contributed by atoms with Crippen LogP contribution >= 0.6 is 15.9 Å². The Labute approximate surface area is 179 Å². The highest BCUT2D eigenvalue weighted by Gasteiger charge is 2.35. The van der Waals surface area contributed by atoms with E-state index < -0.39 is 12.0 Å². The van der Waals surface area contributed by atoms with Gasteiger partial charge in [0.25, 0.3) is 0 Å². The van der Waals surface area contributed by atoms with Crippen LogP contribution in [0.2, 0.25) is 0 Å². The van der Waals surface area contributed by atoms with Gasteiger partial charge in [0.15, 0.2) is 11.5 Å². The number of halogens is 1. The molecule has 0 spiro atoms. The van der Waals surface area contributed by atoms with E-state index in [0.717, 1.165) is 0 Å². The van der Waals surface area contributed by atoms with Crippen LogP contribution in [0.4, 0.5) is 4.79 Å². The molecule has 29 heavy (non-hydrogen) atoms. The number of allylic oxidation sites excluding steroid dienone is 1. The number of nitrogens with one attached hydrogen (secondary N) is 1. The molecule has 0 fully saturated rings. The van der Waals surface area contributed by atoms with Gasteiger partial charge < -0.3 is 29.2 Å². The molecule has 1 aliphatic rings. The molecule has 0 aliphatic carbocycles. The second kappa shape index (κ2) is 10.5. The zero-order chi connectivity index (χ0) is 21.6. The molecule has 0 unspecified atom stereocenters. The van der Waals surface area contributed by atoms with Crippen molar-refractivity contribution in [3.63, 3.8) is 0 Å². The molecule has 1 aromatic carbocycles. The van der Waals surface area contributed by atoms with Crippen LogP contribution in [-0.2, 0) is 14.3 Å². The van der Waals surface area contributed by atoms with E-state index in [1.54, 1.807) is 26.1 Å². The summed E-state index contributed by atoms with van der Waals surface area (Å²) in [6, 6.07) is 2.53. The molecule has 0 bridgehead atoms. The number of benzene rings is 1. The summed E-state index contributed by atoms with van der Waals surface area (Å²) in [5.74, 6) is 0.536. The monoisotopic (exact) mass is 470 g/mol. The van der Waals surface area contributed by atoms with E-state index in [2.05, 4.69) is 21.2 Å². The van der Waals surface area contributed by atoms with Gasteiger partial charge >= 0.3 is 12.0 Å². The molecule has 160 valence electrons. The minimum Gasteiger partial charge on any atom is -0.493 e. The summed E-state index contributed by atoms with van der Waals surface area (Å²) in [6.45, 7) is 6.91. The minimum absolute atomic E-state index is 0.129. The Morgan fingerprint density at radius 3 is 2.59 bits per heavy atom. The lowest BCUT2D eigenvalue weighted by Gasteiger charge is -2.33.